The van der Waals surface area contributed by atoms with Crippen molar-refractivity contribution in [3.8, 4) is 0 Å². The molecule has 0 aromatic heterocycles. The van der Waals surface area contributed by atoms with Crippen LogP contribution in [0.2, 0.25) is 0 Å². The molecule has 1 aliphatic rings. The molecule has 1 aliphatic heterocycles. The number of carboxylic acid groups (broad SMARTS) is 1. The van der Waals surface area contributed by atoms with E-state index in [0.29, 0.717) is 19.4 Å². The minimum Gasteiger partial charge on any atom is -0.481 e. The Kier molecular flexibility index (Phi) is 5.59. The van der Waals surface area contributed by atoms with E-state index in [-0.39, 0.29) is 18.4 Å². The van der Waals surface area contributed by atoms with Gasteiger partial charge in [-0.25, -0.2) is 0 Å². The van der Waals surface area contributed by atoms with Gasteiger partial charge in [0.2, 0.25) is 11.8 Å². The summed E-state index contributed by atoms with van der Waals surface area (Å²) in [5, 5.41) is 8.99. The molecule has 2 atom stereocenters. The first-order valence-electron chi connectivity index (χ1n) is 8.12. The Balaban J connectivity index is 2.07. The van der Waals surface area contributed by atoms with Gasteiger partial charge < -0.3 is 14.9 Å². The van der Waals surface area contributed by atoms with Crippen molar-refractivity contribution in [1.29, 1.82) is 0 Å². The maximum Gasteiger partial charge on any atom is 0.308 e. The second kappa shape index (κ2) is 7.47. The third-order valence-corrected chi connectivity index (χ3v) is 4.43. The maximum absolute atomic E-state index is 12.6. The van der Waals surface area contributed by atoms with Crippen LogP contribution in [0.3, 0.4) is 0 Å². The number of likely N-dealkylation sites (tertiary alicyclic amines) is 1. The van der Waals surface area contributed by atoms with Gasteiger partial charge in [-0.3, -0.25) is 14.4 Å². The molecule has 1 fully saturated rings. The fraction of sp³-hybridized carbons (Fsp3) is 0.500. The first-order chi connectivity index (χ1) is 11.3. The molecule has 0 spiro atoms. The molecular formula is C18H24N2O4. The van der Waals surface area contributed by atoms with Gasteiger partial charge in [-0.15, -0.1) is 0 Å². The zero-order valence-corrected chi connectivity index (χ0v) is 14.4. The third-order valence-electron chi connectivity index (χ3n) is 4.43. The Hall–Kier alpha value is -2.37. The number of aryl methyl sites for hydroxylation is 1. The third kappa shape index (κ3) is 4.13. The van der Waals surface area contributed by atoms with Gasteiger partial charge in [0.1, 0.15) is 6.04 Å². The van der Waals surface area contributed by atoms with Gasteiger partial charge in [0, 0.05) is 26.6 Å². The van der Waals surface area contributed by atoms with Crippen LogP contribution in [0, 0.1) is 12.8 Å². The summed E-state index contributed by atoms with van der Waals surface area (Å²) in [6, 6.07) is 7.36. The highest BCUT2D eigenvalue weighted by Gasteiger charge is 2.37. The van der Waals surface area contributed by atoms with Crippen LogP contribution < -0.4 is 0 Å². The van der Waals surface area contributed by atoms with E-state index in [4.69, 9.17) is 5.11 Å². The van der Waals surface area contributed by atoms with Crippen molar-refractivity contribution in [2.24, 2.45) is 5.92 Å². The first kappa shape index (κ1) is 18.0. The summed E-state index contributed by atoms with van der Waals surface area (Å²) in [6.45, 7) is 4.10. The molecule has 0 saturated carbocycles. The molecule has 1 saturated heterocycles. The van der Waals surface area contributed by atoms with Gasteiger partial charge in [-0.1, -0.05) is 36.8 Å². The summed E-state index contributed by atoms with van der Waals surface area (Å²) in [7, 11) is 1.59. The second-order valence-electron chi connectivity index (χ2n) is 6.52. The van der Waals surface area contributed by atoms with Crippen LogP contribution in [0.4, 0.5) is 0 Å². The van der Waals surface area contributed by atoms with E-state index < -0.39 is 17.9 Å². The quantitative estimate of drug-likeness (QED) is 0.859. The molecule has 1 N–H and O–H groups in total. The van der Waals surface area contributed by atoms with Crippen LogP contribution in [-0.4, -0.2) is 52.3 Å². The number of rotatable bonds is 6. The summed E-state index contributed by atoms with van der Waals surface area (Å²) in [4.78, 5) is 38.8. The molecule has 0 radical (unpaired) electrons. The van der Waals surface area contributed by atoms with Crippen molar-refractivity contribution in [2.45, 2.75) is 39.3 Å². The lowest BCUT2D eigenvalue weighted by Crippen LogP contribution is -2.46. The smallest absolute Gasteiger partial charge is 0.308 e. The lowest BCUT2D eigenvalue weighted by Gasteiger charge is -2.29. The molecule has 2 rings (SSSR count). The van der Waals surface area contributed by atoms with Crippen molar-refractivity contribution >= 4 is 17.8 Å². The number of likely N-dealkylation sites (N-methyl/N-ethyl adjacent to an activating group) is 1. The standard InChI is InChI=1S/C18H24N2O4/c1-12-4-6-14(7-5-12)11-20-15(8-9-16(20)21)17(22)19(3)10-13(2)18(23)24/h4-7,13,15H,8-11H2,1-3H3,(H,23,24). The Morgan fingerprint density at radius 2 is 1.96 bits per heavy atom. The first-order valence-corrected chi connectivity index (χ1v) is 8.12. The predicted molar refractivity (Wildman–Crippen MR) is 89.2 cm³/mol. The molecule has 130 valence electrons. The van der Waals surface area contributed by atoms with Crippen LogP contribution in [0.25, 0.3) is 0 Å². The van der Waals surface area contributed by atoms with Crippen LogP contribution in [0.5, 0.6) is 0 Å². The van der Waals surface area contributed by atoms with E-state index >= 15 is 0 Å². The zero-order valence-electron chi connectivity index (χ0n) is 14.4. The van der Waals surface area contributed by atoms with Gasteiger partial charge in [-0.05, 0) is 18.9 Å². The highest BCUT2D eigenvalue weighted by Crippen LogP contribution is 2.23. The monoisotopic (exact) mass is 332 g/mol. The molecule has 1 aromatic rings. The Morgan fingerprint density at radius 3 is 2.54 bits per heavy atom. The molecule has 6 heteroatoms. The largest absolute Gasteiger partial charge is 0.481 e. The minimum atomic E-state index is -0.936. The van der Waals surface area contributed by atoms with Crippen molar-refractivity contribution in [3.05, 3.63) is 35.4 Å². The second-order valence-corrected chi connectivity index (χ2v) is 6.52. The fourth-order valence-electron chi connectivity index (χ4n) is 2.91. The number of carboxylic acids is 1. The van der Waals surface area contributed by atoms with Crippen LogP contribution in [-0.2, 0) is 20.9 Å². The average molecular weight is 332 g/mol. The minimum absolute atomic E-state index is 0.0337. The van der Waals surface area contributed by atoms with Gasteiger partial charge in [-0.2, -0.15) is 0 Å². The van der Waals surface area contributed by atoms with E-state index in [0.717, 1.165) is 11.1 Å². The number of amides is 2. The van der Waals surface area contributed by atoms with Gasteiger partial charge >= 0.3 is 5.97 Å². The highest BCUT2D eigenvalue weighted by molar-refractivity contribution is 5.91. The molecular weight excluding hydrogens is 308 g/mol. The topological polar surface area (TPSA) is 77.9 Å². The van der Waals surface area contributed by atoms with Crippen molar-refractivity contribution in [3.63, 3.8) is 0 Å². The van der Waals surface area contributed by atoms with E-state index in [2.05, 4.69) is 0 Å². The van der Waals surface area contributed by atoms with Gasteiger partial charge in [0.05, 0.1) is 5.92 Å². The Labute approximate surface area is 142 Å². The van der Waals surface area contributed by atoms with E-state index in [9.17, 15) is 14.4 Å². The number of carbonyl (C=O) groups excluding carboxylic acids is 2. The molecule has 1 aromatic carbocycles. The Bertz CT molecular complexity index is 626. The molecule has 0 bridgehead atoms. The summed E-state index contributed by atoms with van der Waals surface area (Å²) in [5.74, 6) is -1.80. The summed E-state index contributed by atoms with van der Waals surface area (Å²) < 4.78 is 0. The summed E-state index contributed by atoms with van der Waals surface area (Å²) in [6.07, 6.45) is 0.833. The predicted octanol–water partition coefficient (Wildman–Crippen LogP) is 1.67. The van der Waals surface area contributed by atoms with E-state index in [1.165, 1.54) is 4.90 Å². The molecule has 0 aliphatic carbocycles. The van der Waals surface area contributed by atoms with Crippen molar-refractivity contribution < 1.29 is 19.5 Å². The normalized spacial score (nSPS) is 18.5. The number of benzene rings is 1. The van der Waals surface area contributed by atoms with Gasteiger partial charge in [0.25, 0.3) is 0 Å². The number of hydrogen-bond acceptors (Lipinski definition) is 3. The van der Waals surface area contributed by atoms with E-state index in [1.54, 1.807) is 18.9 Å². The summed E-state index contributed by atoms with van der Waals surface area (Å²) in [5.41, 5.74) is 2.12. The molecule has 1 heterocycles. The average Bonchev–Trinajstić information content (AvgIpc) is 2.89. The lowest BCUT2D eigenvalue weighted by atomic mass is 10.1. The molecule has 24 heavy (non-hydrogen) atoms. The molecule has 2 unspecified atom stereocenters. The molecule has 6 nitrogen and oxygen atoms in total. The molecule has 2 amide bonds. The maximum atomic E-state index is 12.6. The number of nitrogens with zero attached hydrogens (tertiary/aromatic N) is 2. The van der Waals surface area contributed by atoms with Crippen LogP contribution in [0.1, 0.15) is 30.9 Å². The Morgan fingerprint density at radius 1 is 1.33 bits per heavy atom. The van der Waals surface area contributed by atoms with Crippen LogP contribution in [0.15, 0.2) is 24.3 Å². The van der Waals surface area contributed by atoms with Crippen LogP contribution >= 0.6 is 0 Å². The van der Waals surface area contributed by atoms with E-state index in [1.807, 2.05) is 31.2 Å². The number of carbonyl (C=O) groups is 3. The highest BCUT2D eigenvalue weighted by atomic mass is 16.4. The lowest BCUT2D eigenvalue weighted by molar-refractivity contribution is -0.145. The SMILES string of the molecule is Cc1ccc(CN2C(=O)CCC2C(=O)N(C)CC(C)C(=O)O)cc1. The summed E-state index contributed by atoms with van der Waals surface area (Å²) >= 11 is 0. The van der Waals surface area contributed by atoms with Crippen molar-refractivity contribution in [2.75, 3.05) is 13.6 Å². The fourth-order valence-corrected chi connectivity index (χ4v) is 2.91. The van der Waals surface area contributed by atoms with Crippen molar-refractivity contribution in [1.82, 2.24) is 9.80 Å². The zero-order chi connectivity index (χ0) is 17.9. The number of aliphatic carboxylic acids is 1. The van der Waals surface area contributed by atoms with Gasteiger partial charge in [0.15, 0.2) is 0 Å². The number of hydrogen-bond donors (Lipinski definition) is 1.